The number of hydrogen-bond acceptors (Lipinski definition) is 2. The van der Waals surface area contributed by atoms with Crippen molar-refractivity contribution in [2.24, 2.45) is 11.8 Å². The molecule has 3 aliphatic carbocycles. The van der Waals surface area contributed by atoms with Crippen LogP contribution in [0.2, 0.25) is 0 Å². The van der Waals surface area contributed by atoms with Gasteiger partial charge in [-0.25, -0.2) is 0 Å². The lowest BCUT2D eigenvalue weighted by molar-refractivity contribution is 0.528. The Bertz CT molecular complexity index is 1720. The quantitative estimate of drug-likeness (QED) is 0.285. The van der Waals surface area contributed by atoms with Crippen molar-refractivity contribution in [3.05, 3.63) is 145 Å². The second-order valence-corrected chi connectivity index (χ2v) is 10.8. The Morgan fingerprint density at radius 1 is 0.684 bits per heavy atom. The van der Waals surface area contributed by atoms with Crippen molar-refractivity contribution >= 4 is 33.2 Å². The van der Waals surface area contributed by atoms with Gasteiger partial charge in [-0.1, -0.05) is 115 Å². The average Bonchev–Trinajstić information content (AvgIpc) is 3.53. The highest BCUT2D eigenvalue weighted by molar-refractivity contribution is 6.08. The van der Waals surface area contributed by atoms with Crippen LogP contribution in [0.1, 0.15) is 23.5 Å². The number of nitrogens with zero attached hydrogens (tertiary/aromatic N) is 1. The topological polar surface area (TPSA) is 16.4 Å². The Kier molecular flexibility index (Phi) is 4.94. The van der Waals surface area contributed by atoms with Crippen molar-refractivity contribution in [2.75, 3.05) is 4.90 Å². The summed E-state index contributed by atoms with van der Waals surface area (Å²) >= 11 is 0. The SMILES string of the molecule is C1=CCC(c2ccc(N3C4C=CC=CC4C4C=C(c5cccc6c5oc5ccccc56)C=CC43)cc2)C=C1. The number of fused-ring (bicyclic) bond motifs is 6. The van der Waals surface area contributed by atoms with Crippen molar-refractivity contribution in [1.29, 1.82) is 0 Å². The first-order valence-electron chi connectivity index (χ1n) is 13.7. The van der Waals surface area contributed by atoms with E-state index in [4.69, 9.17) is 4.42 Å². The smallest absolute Gasteiger partial charge is 0.143 e. The molecule has 1 fully saturated rings. The van der Waals surface area contributed by atoms with Crippen LogP contribution in [0.3, 0.4) is 0 Å². The Morgan fingerprint density at radius 3 is 2.39 bits per heavy atom. The minimum atomic E-state index is 0.319. The van der Waals surface area contributed by atoms with E-state index in [0.717, 1.165) is 17.6 Å². The predicted molar refractivity (Wildman–Crippen MR) is 158 cm³/mol. The zero-order valence-corrected chi connectivity index (χ0v) is 21.2. The fourth-order valence-corrected chi connectivity index (χ4v) is 6.97. The summed E-state index contributed by atoms with van der Waals surface area (Å²) < 4.78 is 6.39. The van der Waals surface area contributed by atoms with Crippen molar-refractivity contribution in [2.45, 2.75) is 24.4 Å². The molecule has 1 aromatic heterocycles. The van der Waals surface area contributed by atoms with E-state index in [1.54, 1.807) is 0 Å². The van der Waals surface area contributed by atoms with E-state index >= 15 is 0 Å². The van der Waals surface area contributed by atoms with Crippen LogP contribution in [0.4, 0.5) is 5.69 Å². The monoisotopic (exact) mass is 491 g/mol. The molecule has 0 saturated carbocycles. The van der Waals surface area contributed by atoms with E-state index in [9.17, 15) is 0 Å². The van der Waals surface area contributed by atoms with Gasteiger partial charge in [-0.15, -0.1) is 0 Å². The third-order valence-corrected chi connectivity index (χ3v) is 8.79. The summed E-state index contributed by atoms with van der Waals surface area (Å²) in [6, 6.07) is 24.8. The van der Waals surface area contributed by atoms with Gasteiger partial charge in [0, 0.05) is 39.8 Å². The summed E-state index contributed by atoms with van der Waals surface area (Å²) in [5.74, 6) is 1.31. The maximum absolute atomic E-state index is 6.39. The van der Waals surface area contributed by atoms with Crippen molar-refractivity contribution in [3.8, 4) is 0 Å². The summed E-state index contributed by atoms with van der Waals surface area (Å²) in [5.41, 5.74) is 7.05. The Hall–Kier alpha value is -4.30. The van der Waals surface area contributed by atoms with E-state index in [1.807, 2.05) is 6.07 Å². The first-order chi connectivity index (χ1) is 18.8. The highest BCUT2D eigenvalue weighted by Gasteiger charge is 2.46. The van der Waals surface area contributed by atoms with Crippen molar-refractivity contribution in [1.82, 2.24) is 0 Å². The predicted octanol–water partition coefficient (Wildman–Crippen LogP) is 8.75. The van der Waals surface area contributed by atoms with Crippen LogP contribution in [0, 0.1) is 11.8 Å². The summed E-state index contributed by atoms with van der Waals surface area (Å²) in [6.45, 7) is 0. The van der Waals surface area contributed by atoms with Gasteiger partial charge in [0.25, 0.3) is 0 Å². The lowest BCUT2D eigenvalue weighted by atomic mass is 9.80. The molecule has 2 nitrogen and oxygen atoms in total. The fraction of sp³-hybridized carbons (Fsp3) is 0.167. The van der Waals surface area contributed by atoms with Gasteiger partial charge >= 0.3 is 0 Å². The van der Waals surface area contributed by atoms with Crippen LogP contribution >= 0.6 is 0 Å². The maximum atomic E-state index is 6.39. The summed E-state index contributed by atoms with van der Waals surface area (Å²) in [7, 11) is 0. The van der Waals surface area contributed by atoms with Crippen LogP contribution in [0.15, 0.2) is 138 Å². The molecule has 1 saturated heterocycles. The van der Waals surface area contributed by atoms with E-state index in [0.29, 0.717) is 29.8 Å². The molecule has 4 aliphatic rings. The van der Waals surface area contributed by atoms with Crippen LogP contribution in [-0.2, 0) is 0 Å². The zero-order chi connectivity index (χ0) is 25.1. The molecule has 3 aromatic carbocycles. The molecule has 2 heterocycles. The summed E-state index contributed by atoms with van der Waals surface area (Å²) in [6.07, 6.45) is 26.4. The molecule has 0 bridgehead atoms. The number of rotatable bonds is 3. The molecule has 0 N–H and O–H groups in total. The molecule has 0 spiro atoms. The molecule has 4 aromatic rings. The van der Waals surface area contributed by atoms with Crippen LogP contribution in [-0.4, -0.2) is 12.1 Å². The number of allylic oxidation sites excluding steroid dienone is 8. The molecule has 5 atom stereocenters. The van der Waals surface area contributed by atoms with Crippen LogP contribution in [0.25, 0.3) is 27.5 Å². The molecule has 5 unspecified atom stereocenters. The van der Waals surface area contributed by atoms with Gasteiger partial charge < -0.3 is 9.32 Å². The largest absolute Gasteiger partial charge is 0.455 e. The molecule has 0 radical (unpaired) electrons. The van der Waals surface area contributed by atoms with E-state index in [2.05, 4.69) is 132 Å². The highest BCUT2D eigenvalue weighted by Crippen LogP contribution is 2.47. The molecule has 184 valence electrons. The molecular weight excluding hydrogens is 462 g/mol. The third kappa shape index (κ3) is 3.33. The standard InChI is InChI=1S/C36H29NO/c1-2-9-24(10-3-1)25-17-20-27(21-18-25)37-33-15-6-4-11-29(33)32-23-26(19-22-34(32)37)28-13-8-14-31-30-12-5-7-16-35(30)38-36(28)31/h1-9,11-24,29,32-34H,10H2. The van der Waals surface area contributed by atoms with Gasteiger partial charge in [0.1, 0.15) is 11.2 Å². The minimum Gasteiger partial charge on any atom is -0.455 e. The van der Waals surface area contributed by atoms with E-state index < -0.39 is 0 Å². The molecular formula is C36H29NO. The van der Waals surface area contributed by atoms with Crippen LogP contribution < -0.4 is 4.90 Å². The number of benzene rings is 3. The van der Waals surface area contributed by atoms with Gasteiger partial charge in [0.2, 0.25) is 0 Å². The summed E-state index contributed by atoms with van der Waals surface area (Å²) in [5, 5.41) is 2.36. The lowest BCUT2D eigenvalue weighted by Gasteiger charge is -2.32. The Balaban J connectivity index is 1.17. The average molecular weight is 492 g/mol. The van der Waals surface area contributed by atoms with Gasteiger partial charge in [0.15, 0.2) is 0 Å². The van der Waals surface area contributed by atoms with Crippen molar-refractivity contribution < 1.29 is 4.42 Å². The van der Waals surface area contributed by atoms with Gasteiger partial charge in [-0.3, -0.25) is 0 Å². The van der Waals surface area contributed by atoms with E-state index in [-0.39, 0.29) is 0 Å². The Morgan fingerprint density at radius 2 is 1.50 bits per heavy atom. The second kappa shape index (κ2) is 8.63. The number of para-hydroxylation sites is 2. The molecule has 8 rings (SSSR count). The van der Waals surface area contributed by atoms with Crippen LogP contribution in [0.5, 0.6) is 0 Å². The van der Waals surface area contributed by atoms with E-state index in [1.165, 1.54) is 33.2 Å². The molecule has 38 heavy (non-hydrogen) atoms. The lowest BCUT2D eigenvalue weighted by Crippen LogP contribution is -2.36. The second-order valence-electron chi connectivity index (χ2n) is 10.8. The normalized spacial score (nSPS) is 27.2. The Labute approximate surface area is 223 Å². The van der Waals surface area contributed by atoms with Crippen molar-refractivity contribution in [3.63, 3.8) is 0 Å². The maximum Gasteiger partial charge on any atom is 0.143 e. The number of furan rings is 1. The van der Waals surface area contributed by atoms with Gasteiger partial charge in [-0.2, -0.15) is 0 Å². The first kappa shape index (κ1) is 21.8. The third-order valence-electron chi connectivity index (χ3n) is 8.79. The molecule has 1 aliphatic heterocycles. The minimum absolute atomic E-state index is 0.319. The number of hydrogen-bond donors (Lipinski definition) is 0. The fourth-order valence-electron chi connectivity index (χ4n) is 6.97. The van der Waals surface area contributed by atoms with Gasteiger partial charge in [-0.05, 0) is 35.8 Å². The molecule has 0 amide bonds. The highest BCUT2D eigenvalue weighted by atomic mass is 16.3. The molecule has 2 heteroatoms. The zero-order valence-electron chi connectivity index (χ0n) is 21.2. The summed E-state index contributed by atoms with van der Waals surface area (Å²) in [4.78, 5) is 2.63. The number of anilines is 1. The van der Waals surface area contributed by atoms with Gasteiger partial charge in [0.05, 0.1) is 12.1 Å². The first-order valence-corrected chi connectivity index (χ1v) is 13.7.